The van der Waals surface area contributed by atoms with Crippen molar-refractivity contribution in [1.29, 1.82) is 0 Å². The van der Waals surface area contributed by atoms with Gasteiger partial charge in [-0.3, -0.25) is 4.79 Å². The average Bonchev–Trinajstić information content (AvgIpc) is 2.38. The Morgan fingerprint density at radius 1 is 1.35 bits per heavy atom. The van der Waals surface area contributed by atoms with Gasteiger partial charge in [0.1, 0.15) is 0 Å². The van der Waals surface area contributed by atoms with Crippen molar-refractivity contribution in [3.05, 3.63) is 29.8 Å². The predicted octanol–water partition coefficient (Wildman–Crippen LogP) is 1.51. The number of sulfonamides is 1. The van der Waals surface area contributed by atoms with E-state index in [-0.39, 0.29) is 11.7 Å². The van der Waals surface area contributed by atoms with Crippen LogP contribution in [0.25, 0.3) is 0 Å². The number of rotatable bonds is 4. The zero-order valence-corrected chi connectivity index (χ0v) is 12.4. The van der Waals surface area contributed by atoms with Gasteiger partial charge in [-0.05, 0) is 43.0 Å². The molecule has 1 aromatic carbocycles. The van der Waals surface area contributed by atoms with Crippen LogP contribution in [0.3, 0.4) is 0 Å². The second-order valence-electron chi connectivity index (χ2n) is 5.38. The summed E-state index contributed by atoms with van der Waals surface area (Å²) in [6, 6.07) is 6.84. The second kappa shape index (κ2) is 5.93. The van der Waals surface area contributed by atoms with E-state index in [9.17, 15) is 13.2 Å². The first-order chi connectivity index (χ1) is 9.36. The number of Topliss-reactive ketones (excluding diaryl/α,β-unsaturated/α-hetero) is 1. The van der Waals surface area contributed by atoms with Gasteiger partial charge in [0, 0.05) is 30.8 Å². The molecule has 0 aliphatic carbocycles. The van der Waals surface area contributed by atoms with Crippen LogP contribution >= 0.6 is 0 Å². The molecule has 2 rings (SSSR count). The number of nitrogen functional groups attached to an aromatic ring is 1. The summed E-state index contributed by atoms with van der Waals surface area (Å²) in [4.78, 5) is 12.2. The molecule has 2 N–H and O–H groups in total. The highest BCUT2D eigenvalue weighted by molar-refractivity contribution is 7.88. The number of hydrogen-bond acceptors (Lipinski definition) is 4. The summed E-state index contributed by atoms with van der Waals surface area (Å²) < 4.78 is 24.6. The number of anilines is 1. The highest BCUT2D eigenvalue weighted by atomic mass is 32.2. The summed E-state index contributed by atoms with van der Waals surface area (Å²) in [7, 11) is -3.16. The summed E-state index contributed by atoms with van der Waals surface area (Å²) in [6.07, 6.45) is 3.31. The molecule has 0 radical (unpaired) electrons. The largest absolute Gasteiger partial charge is 0.399 e. The van der Waals surface area contributed by atoms with Gasteiger partial charge in [-0.25, -0.2) is 12.7 Å². The summed E-state index contributed by atoms with van der Waals surface area (Å²) in [5.74, 6) is 0.147. The molecular weight excluding hydrogens is 276 g/mol. The Bertz CT molecular complexity index is 581. The number of carbonyl (C=O) groups excluding carboxylic acids is 1. The van der Waals surface area contributed by atoms with Crippen LogP contribution in [-0.4, -0.2) is 37.9 Å². The average molecular weight is 296 g/mol. The van der Waals surface area contributed by atoms with Crippen molar-refractivity contribution in [2.24, 2.45) is 5.92 Å². The first kappa shape index (κ1) is 15.0. The Morgan fingerprint density at radius 2 is 2.00 bits per heavy atom. The number of nitrogens with two attached hydrogens (primary N) is 1. The van der Waals surface area contributed by atoms with Gasteiger partial charge < -0.3 is 5.73 Å². The highest BCUT2D eigenvalue weighted by Gasteiger charge is 2.27. The van der Waals surface area contributed by atoms with Crippen molar-refractivity contribution in [2.45, 2.75) is 19.3 Å². The van der Waals surface area contributed by atoms with Gasteiger partial charge in [0.05, 0.1) is 6.26 Å². The van der Waals surface area contributed by atoms with Crippen molar-refractivity contribution in [1.82, 2.24) is 4.31 Å². The normalized spacial score (nSPS) is 20.8. The molecule has 1 heterocycles. The summed E-state index contributed by atoms with van der Waals surface area (Å²) >= 11 is 0. The Balaban J connectivity index is 1.99. The third-order valence-corrected chi connectivity index (χ3v) is 4.93. The maximum atomic E-state index is 12.2. The third kappa shape index (κ3) is 3.80. The Hall–Kier alpha value is -1.40. The molecule has 1 aliphatic rings. The van der Waals surface area contributed by atoms with E-state index in [0.717, 1.165) is 12.8 Å². The molecule has 1 aliphatic heterocycles. The van der Waals surface area contributed by atoms with Crippen molar-refractivity contribution < 1.29 is 13.2 Å². The first-order valence-electron chi connectivity index (χ1n) is 6.70. The number of ketones is 1. The molecule has 0 bridgehead atoms. The van der Waals surface area contributed by atoms with E-state index in [1.54, 1.807) is 24.3 Å². The molecule has 0 aromatic heterocycles. The fraction of sp³-hybridized carbons (Fsp3) is 0.500. The van der Waals surface area contributed by atoms with Crippen LogP contribution in [0.4, 0.5) is 5.69 Å². The molecule has 110 valence electrons. The van der Waals surface area contributed by atoms with Crippen LogP contribution in [-0.2, 0) is 10.0 Å². The Labute approximate surface area is 119 Å². The van der Waals surface area contributed by atoms with Crippen molar-refractivity contribution in [3.8, 4) is 0 Å². The van der Waals surface area contributed by atoms with E-state index in [2.05, 4.69) is 0 Å². The zero-order chi connectivity index (χ0) is 14.8. The van der Waals surface area contributed by atoms with Gasteiger partial charge >= 0.3 is 0 Å². The van der Waals surface area contributed by atoms with Gasteiger partial charge in [-0.1, -0.05) is 0 Å². The molecule has 0 amide bonds. The lowest BCUT2D eigenvalue weighted by molar-refractivity contribution is 0.0942. The summed E-state index contributed by atoms with van der Waals surface area (Å²) in [5, 5.41) is 0. The van der Waals surface area contributed by atoms with Crippen LogP contribution in [0.15, 0.2) is 24.3 Å². The van der Waals surface area contributed by atoms with E-state index < -0.39 is 10.0 Å². The van der Waals surface area contributed by atoms with E-state index in [1.165, 1.54) is 10.6 Å². The lowest BCUT2D eigenvalue weighted by Crippen LogP contribution is -2.39. The highest BCUT2D eigenvalue weighted by Crippen LogP contribution is 2.23. The maximum Gasteiger partial charge on any atom is 0.211 e. The number of piperidine rings is 1. The second-order valence-corrected chi connectivity index (χ2v) is 7.36. The number of carbonyl (C=O) groups is 1. The smallest absolute Gasteiger partial charge is 0.211 e. The molecule has 0 spiro atoms. The summed E-state index contributed by atoms with van der Waals surface area (Å²) in [6.45, 7) is 1.00. The van der Waals surface area contributed by atoms with Crippen LogP contribution in [0, 0.1) is 5.92 Å². The van der Waals surface area contributed by atoms with Gasteiger partial charge in [0.25, 0.3) is 0 Å². The van der Waals surface area contributed by atoms with Gasteiger partial charge in [-0.15, -0.1) is 0 Å². The van der Waals surface area contributed by atoms with Gasteiger partial charge in [-0.2, -0.15) is 0 Å². The minimum absolute atomic E-state index is 0.0466. The number of benzene rings is 1. The molecule has 0 saturated carbocycles. The fourth-order valence-electron chi connectivity index (χ4n) is 2.54. The van der Waals surface area contributed by atoms with Crippen molar-refractivity contribution in [3.63, 3.8) is 0 Å². The maximum absolute atomic E-state index is 12.2. The standard InChI is InChI=1S/C14H20N2O3S/c1-20(18,19)16-8-2-3-11(10-16)9-14(17)12-4-6-13(15)7-5-12/h4-7,11H,2-3,8-10,15H2,1H3. The predicted molar refractivity (Wildman–Crippen MR) is 78.9 cm³/mol. The molecule has 6 heteroatoms. The Kier molecular flexibility index (Phi) is 4.45. The zero-order valence-electron chi connectivity index (χ0n) is 11.6. The van der Waals surface area contributed by atoms with Crippen LogP contribution in [0.5, 0.6) is 0 Å². The van der Waals surface area contributed by atoms with E-state index >= 15 is 0 Å². The van der Waals surface area contributed by atoms with E-state index in [4.69, 9.17) is 5.73 Å². The Morgan fingerprint density at radius 3 is 2.60 bits per heavy atom. The molecule has 1 fully saturated rings. The van der Waals surface area contributed by atoms with Crippen LogP contribution in [0.1, 0.15) is 29.6 Å². The number of hydrogen-bond donors (Lipinski definition) is 1. The van der Waals surface area contributed by atoms with E-state index in [0.29, 0.717) is 30.8 Å². The SMILES string of the molecule is CS(=O)(=O)N1CCCC(CC(=O)c2ccc(N)cc2)C1. The number of nitrogens with zero attached hydrogens (tertiary/aromatic N) is 1. The third-order valence-electron chi connectivity index (χ3n) is 3.66. The first-order valence-corrected chi connectivity index (χ1v) is 8.55. The van der Waals surface area contributed by atoms with Crippen LogP contribution < -0.4 is 5.73 Å². The molecule has 1 atom stereocenters. The monoisotopic (exact) mass is 296 g/mol. The molecule has 20 heavy (non-hydrogen) atoms. The van der Waals surface area contributed by atoms with Gasteiger partial charge in [0.2, 0.25) is 10.0 Å². The lowest BCUT2D eigenvalue weighted by Gasteiger charge is -2.30. The molecule has 5 nitrogen and oxygen atoms in total. The molecule has 1 aromatic rings. The molecular formula is C14H20N2O3S. The van der Waals surface area contributed by atoms with Gasteiger partial charge in [0.15, 0.2) is 5.78 Å². The summed E-state index contributed by atoms with van der Waals surface area (Å²) in [5.41, 5.74) is 6.85. The molecule has 1 saturated heterocycles. The van der Waals surface area contributed by atoms with E-state index in [1.807, 2.05) is 0 Å². The fourth-order valence-corrected chi connectivity index (χ4v) is 3.49. The molecule has 1 unspecified atom stereocenters. The van der Waals surface area contributed by atoms with Crippen molar-refractivity contribution >= 4 is 21.5 Å². The van der Waals surface area contributed by atoms with Crippen molar-refractivity contribution in [2.75, 3.05) is 25.1 Å². The topological polar surface area (TPSA) is 80.5 Å². The minimum atomic E-state index is -3.16. The lowest BCUT2D eigenvalue weighted by atomic mass is 9.92. The van der Waals surface area contributed by atoms with Crippen LogP contribution in [0.2, 0.25) is 0 Å². The minimum Gasteiger partial charge on any atom is -0.399 e. The quantitative estimate of drug-likeness (QED) is 0.674.